The zero-order valence-electron chi connectivity index (χ0n) is 42.7. The summed E-state index contributed by atoms with van der Waals surface area (Å²) >= 11 is 0. The Kier molecular flexibility index (Phi) is 19.6. The maximum absolute atomic E-state index is 16.0. The van der Waals surface area contributed by atoms with Crippen LogP contribution in [0.4, 0.5) is 59.3 Å². The molecule has 1 aliphatic rings. The Morgan fingerprint density at radius 3 is 1.78 bits per heavy atom. The first-order chi connectivity index (χ1) is 35.8. The minimum absolute atomic E-state index is 0.00178. The summed E-state index contributed by atoms with van der Waals surface area (Å²) in [6.07, 6.45) is -12.8. The van der Waals surface area contributed by atoms with Crippen LogP contribution in [0.15, 0.2) is 67.1 Å². The molecule has 5 rings (SSSR count). The summed E-state index contributed by atoms with van der Waals surface area (Å²) < 4.78 is 160. The number of anilines is 1. The quantitative estimate of drug-likeness (QED) is 0.0383. The Morgan fingerprint density at radius 1 is 0.779 bits per heavy atom. The number of ether oxygens (including phenoxy) is 3. The molecule has 2 aromatic carbocycles. The van der Waals surface area contributed by atoms with Gasteiger partial charge in [0.1, 0.15) is 29.5 Å². The third-order valence-electron chi connectivity index (χ3n) is 12.7. The van der Waals surface area contributed by atoms with Crippen LogP contribution in [0.2, 0.25) is 0 Å². The van der Waals surface area contributed by atoms with E-state index >= 15 is 8.78 Å². The average Bonchev–Trinajstić information content (AvgIpc) is 3.86. The Hall–Kier alpha value is -7.18. The molecule has 27 heteroatoms. The number of halogens is 10. The fourth-order valence-electron chi connectivity index (χ4n) is 7.94. The number of morpholine rings is 1. The van der Waals surface area contributed by atoms with Gasteiger partial charge in [-0.1, -0.05) is 24.0 Å². The summed E-state index contributed by atoms with van der Waals surface area (Å²) in [5.41, 5.74) is -4.29. The van der Waals surface area contributed by atoms with Crippen LogP contribution in [0.1, 0.15) is 70.3 Å². The van der Waals surface area contributed by atoms with Crippen LogP contribution in [0.5, 0.6) is 0 Å². The molecule has 17 nitrogen and oxygen atoms in total. The number of methoxy groups -OCH3 is 2. The molecule has 0 saturated carbocycles. The number of carbonyl (C=O) groups excluding carboxylic acids is 4. The molecule has 1 unspecified atom stereocenters. The van der Waals surface area contributed by atoms with Crippen molar-refractivity contribution in [2.75, 3.05) is 38.8 Å². The van der Waals surface area contributed by atoms with Gasteiger partial charge in [-0.25, -0.2) is 33.0 Å². The van der Waals surface area contributed by atoms with Gasteiger partial charge in [0.2, 0.25) is 5.91 Å². The Bertz CT molecular complexity index is 2730. The van der Waals surface area contributed by atoms with E-state index in [4.69, 9.17) is 4.74 Å². The third-order valence-corrected chi connectivity index (χ3v) is 12.7. The van der Waals surface area contributed by atoms with Gasteiger partial charge >= 0.3 is 31.1 Å². The number of aliphatic hydroxyl groups excluding tert-OH is 1. The van der Waals surface area contributed by atoms with Crippen LogP contribution >= 0.6 is 0 Å². The highest BCUT2D eigenvalue weighted by molar-refractivity contribution is 5.87. The molecule has 2 aromatic heterocycles. The molecule has 0 aliphatic carbocycles. The second-order valence-corrected chi connectivity index (χ2v) is 19.2. The molecule has 1 saturated heterocycles. The lowest BCUT2D eigenvalue weighted by Gasteiger charge is -2.38. The highest BCUT2D eigenvalue weighted by Gasteiger charge is 2.57. The summed E-state index contributed by atoms with van der Waals surface area (Å²) in [6.45, 7) is 2.05. The number of aliphatic hydroxyl groups is 1. The van der Waals surface area contributed by atoms with E-state index in [1.54, 1.807) is 17.6 Å². The first-order valence-corrected chi connectivity index (χ1v) is 23.5. The molecule has 5 N–H and O–H groups in total. The van der Waals surface area contributed by atoms with Crippen molar-refractivity contribution < 1.29 is 82.4 Å². The van der Waals surface area contributed by atoms with Crippen molar-refractivity contribution in [1.82, 2.24) is 41.1 Å². The smallest absolute Gasteiger partial charge is 0.407 e. The number of hydrazine groups is 1. The third kappa shape index (κ3) is 15.5. The van der Waals surface area contributed by atoms with Crippen molar-refractivity contribution >= 4 is 29.8 Å². The van der Waals surface area contributed by atoms with E-state index < -0.39 is 115 Å². The van der Waals surface area contributed by atoms with Gasteiger partial charge in [-0.2, -0.15) is 40.2 Å². The number of carbonyl (C=O) groups is 4. The summed E-state index contributed by atoms with van der Waals surface area (Å²) in [7, 11) is 1.60. The predicted molar refractivity (Wildman–Crippen MR) is 256 cm³/mol. The molecule has 420 valence electrons. The highest BCUT2D eigenvalue weighted by Crippen LogP contribution is 2.42. The Balaban J connectivity index is 1.53. The molecule has 1 fully saturated rings. The lowest BCUT2D eigenvalue weighted by Crippen LogP contribution is -2.63. The van der Waals surface area contributed by atoms with Crippen molar-refractivity contribution in [2.45, 2.75) is 110 Å². The number of nitrogens with zero attached hydrogens (tertiary/aromatic N) is 5. The number of alkyl halides is 8. The summed E-state index contributed by atoms with van der Waals surface area (Å²) in [5.74, 6) is 0.615. The van der Waals surface area contributed by atoms with E-state index in [9.17, 15) is 59.4 Å². The second kappa shape index (κ2) is 24.9. The normalized spacial score (nSPS) is 16.9. The molecular formula is C50H57F10N9O8. The summed E-state index contributed by atoms with van der Waals surface area (Å²) in [5, 5.41) is 21.8. The zero-order chi connectivity index (χ0) is 57.4. The van der Waals surface area contributed by atoms with Gasteiger partial charge in [0.25, 0.3) is 5.91 Å². The number of benzene rings is 2. The number of nitrogens with one attached hydrogen (secondary N) is 4. The van der Waals surface area contributed by atoms with Crippen molar-refractivity contribution in [3.05, 3.63) is 101 Å². The van der Waals surface area contributed by atoms with Crippen LogP contribution in [-0.2, 0) is 36.8 Å². The fourth-order valence-corrected chi connectivity index (χ4v) is 7.94. The molecule has 3 heterocycles. The standard InChI is InChI=1S/C50H57F10N9O8/c1-27-22-67(23-28(2)77-27)39-16-15-31(20-61-39)14-11-29-9-12-30(13-10-29)17-37(63-42(71)40(64-45(73)75-7)47(3,4)49(55,56)57)38(70)26-68(66-43(72)41(65-46(74)76-8)48(5,6)50(58,59)60)25-34-35(51)18-32(19-36(34)52)33-21-62-69(24-33)44(53)54/h9-10,12-13,15-16,18-21,24,27-28,37-38,40-41,44,70H,17,22-23,25-26H2,1-8H3,(H,63,71)(H,64,73)(H,65,74)(H,66,72)/t27-,28+,37-,38-,40?,41+/m0/s1. The minimum atomic E-state index is -5.23. The average molecular weight is 1100 g/mol. The highest BCUT2D eigenvalue weighted by atomic mass is 19.4. The van der Waals surface area contributed by atoms with E-state index in [2.05, 4.69) is 41.6 Å². The zero-order valence-corrected chi connectivity index (χ0v) is 42.7. The lowest BCUT2D eigenvalue weighted by atomic mass is 9.82. The second-order valence-electron chi connectivity index (χ2n) is 19.2. The topological polar surface area (TPSA) is 202 Å². The first kappa shape index (κ1) is 60.7. The summed E-state index contributed by atoms with van der Waals surface area (Å²) in [4.78, 5) is 59.3. The molecule has 77 heavy (non-hydrogen) atoms. The first-order valence-electron chi connectivity index (χ1n) is 23.5. The molecule has 0 spiro atoms. The molecule has 4 aromatic rings. The van der Waals surface area contributed by atoms with Crippen LogP contribution < -0.4 is 26.3 Å². The number of alkyl carbamates (subject to hydrolysis) is 2. The van der Waals surface area contributed by atoms with Crippen LogP contribution in [0, 0.1) is 34.3 Å². The van der Waals surface area contributed by atoms with Gasteiger partial charge in [-0.3, -0.25) is 15.0 Å². The molecule has 0 bridgehead atoms. The number of aromatic nitrogens is 3. The van der Waals surface area contributed by atoms with Crippen molar-refractivity contribution in [1.29, 1.82) is 0 Å². The molecule has 0 radical (unpaired) electrons. The minimum Gasteiger partial charge on any atom is -0.453 e. The Labute approximate surface area is 435 Å². The van der Waals surface area contributed by atoms with Crippen molar-refractivity contribution in [2.24, 2.45) is 10.8 Å². The van der Waals surface area contributed by atoms with Crippen LogP contribution in [0.3, 0.4) is 0 Å². The van der Waals surface area contributed by atoms with E-state index in [1.807, 2.05) is 30.7 Å². The van der Waals surface area contributed by atoms with Crippen LogP contribution in [0.25, 0.3) is 11.1 Å². The number of amides is 4. The number of rotatable bonds is 18. The predicted octanol–water partition coefficient (Wildman–Crippen LogP) is 7.18. The largest absolute Gasteiger partial charge is 0.453 e. The van der Waals surface area contributed by atoms with Gasteiger partial charge in [-0.15, -0.1) is 0 Å². The van der Waals surface area contributed by atoms with E-state index in [0.29, 0.717) is 69.1 Å². The van der Waals surface area contributed by atoms with E-state index in [1.165, 1.54) is 24.3 Å². The molecule has 4 amide bonds. The molecule has 6 atom stereocenters. The number of hydrogen-bond acceptors (Lipinski definition) is 12. The lowest BCUT2D eigenvalue weighted by molar-refractivity contribution is -0.221. The van der Waals surface area contributed by atoms with Gasteiger partial charge in [0, 0.05) is 60.8 Å². The molecular weight excluding hydrogens is 1040 g/mol. The fraction of sp³-hybridized carbons (Fsp3) is 0.480. The van der Waals surface area contributed by atoms with Gasteiger partial charge in [-0.05, 0) is 95.5 Å². The number of pyridine rings is 1. The van der Waals surface area contributed by atoms with E-state index in [-0.39, 0.29) is 33.6 Å². The monoisotopic (exact) mass is 1100 g/mol. The maximum atomic E-state index is 16.0. The van der Waals surface area contributed by atoms with Gasteiger partial charge < -0.3 is 40.2 Å². The van der Waals surface area contributed by atoms with E-state index in [0.717, 1.165) is 32.4 Å². The summed E-state index contributed by atoms with van der Waals surface area (Å²) in [6, 6.07) is 4.15. The SMILES string of the molecule is COC(=O)NC(C(=O)N[C@@H](Cc1ccc(C#Cc2ccc(N3C[C@@H](C)O[C@@H](C)C3)nc2)cc1)[C@@H](O)CN(Cc1c(F)cc(-c2cnn(C(F)F)c2)cc1F)NC(=O)[C@@H](NC(=O)OC)C(C)(C)C(F)(F)F)C(C)(C)C(F)(F)F. The maximum Gasteiger partial charge on any atom is 0.407 e. The van der Waals surface area contributed by atoms with Crippen LogP contribution in [-0.4, -0.2) is 132 Å². The van der Waals surface area contributed by atoms with Gasteiger partial charge in [0.15, 0.2) is 0 Å². The van der Waals surface area contributed by atoms with Crippen molar-refractivity contribution in [3.8, 4) is 23.0 Å². The number of hydrogen-bond donors (Lipinski definition) is 5. The van der Waals surface area contributed by atoms with Crippen molar-refractivity contribution in [3.63, 3.8) is 0 Å². The molecule has 1 aliphatic heterocycles. The Morgan fingerprint density at radius 2 is 1.30 bits per heavy atom. The van der Waals surface area contributed by atoms with Gasteiger partial charge in [0.05, 0.1) is 55.6 Å².